The van der Waals surface area contributed by atoms with Gasteiger partial charge in [0, 0.05) is 18.3 Å². The molecule has 1 aromatic rings. The fraction of sp³-hybridized carbons (Fsp3) is 0.765. The van der Waals surface area contributed by atoms with E-state index in [2.05, 4.69) is 23.8 Å². The van der Waals surface area contributed by atoms with Gasteiger partial charge in [-0.2, -0.15) is 0 Å². The summed E-state index contributed by atoms with van der Waals surface area (Å²) in [5.74, 6) is 2.68. The van der Waals surface area contributed by atoms with Gasteiger partial charge in [0.2, 0.25) is 0 Å². The summed E-state index contributed by atoms with van der Waals surface area (Å²) in [7, 11) is 0. The van der Waals surface area contributed by atoms with Crippen LogP contribution in [0.1, 0.15) is 82.5 Å². The van der Waals surface area contributed by atoms with Crippen molar-refractivity contribution in [1.29, 1.82) is 0 Å². The number of unbranched alkanes of at least 4 members (excludes halogenated alkanes) is 1. The summed E-state index contributed by atoms with van der Waals surface area (Å²) in [6.07, 6.45) is 15.9. The van der Waals surface area contributed by atoms with Gasteiger partial charge in [-0.3, -0.25) is 0 Å². The van der Waals surface area contributed by atoms with E-state index in [1.54, 1.807) is 0 Å². The molecular formula is C17H28N2. The van der Waals surface area contributed by atoms with Crippen LogP contribution in [0.4, 0.5) is 0 Å². The van der Waals surface area contributed by atoms with E-state index in [0.29, 0.717) is 5.92 Å². The molecule has 1 aliphatic carbocycles. The minimum absolute atomic E-state index is 0.619. The monoisotopic (exact) mass is 260 g/mol. The highest BCUT2D eigenvalue weighted by molar-refractivity contribution is 5.08. The van der Waals surface area contributed by atoms with E-state index in [9.17, 15) is 0 Å². The smallest absolute Gasteiger partial charge is 0.131 e. The molecule has 0 unspecified atom stereocenters. The van der Waals surface area contributed by atoms with Crippen molar-refractivity contribution >= 4 is 0 Å². The van der Waals surface area contributed by atoms with Gasteiger partial charge in [-0.1, -0.05) is 39.5 Å². The van der Waals surface area contributed by atoms with E-state index in [1.807, 2.05) is 12.4 Å². The molecule has 19 heavy (non-hydrogen) atoms. The molecule has 0 atom stereocenters. The highest BCUT2D eigenvalue weighted by Gasteiger charge is 2.23. The quantitative estimate of drug-likeness (QED) is 0.727. The van der Waals surface area contributed by atoms with Crippen LogP contribution in [0.5, 0.6) is 0 Å². The lowest BCUT2D eigenvalue weighted by atomic mass is 9.79. The maximum absolute atomic E-state index is 4.60. The van der Waals surface area contributed by atoms with Crippen molar-refractivity contribution in [3.05, 3.63) is 23.8 Å². The van der Waals surface area contributed by atoms with Crippen LogP contribution in [0.3, 0.4) is 0 Å². The second-order valence-electron chi connectivity index (χ2n) is 6.06. The Kier molecular flexibility index (Phi) is 5.81. The Balaban J connectivity index is 1.83. The van der Waals surface area contributed by atoms with Gasteiger partial charge < -0.3 is 0 Å². The number of aromatic nitrogens is 2. The molecule has 0 saturated heterocycles. The fourth-order valence-electron chi connectivity index (χ4n) is 3.20. The van der Waals surface area contributed by atoms with Gasteiger partial charge in [-0.15, -0.1) is 0 Å². The first-order chi connectivity index (χ1) is 9.33. The SMILES string of the molecule is CCCC[C@H]1CC[C@H](c2ncc(CCC)cn2)CC1. The average molecular weight is 260 g/mol. The van der Waals surface area contributed by atoms with Gasteiger partial charge in [-0.25, -0.2) is 9.97 Å². The van der Waals surface area contributed by atoms with Gasteiger partial charge in [-0.05, 0) is 43.6 Å². The molecule has 106 valence electrons. The first kappa shape index (κ1) is 14.5. The lowest BCUT2D eigenvalue weighted by Crippen LogP contribution is -2.15. The van der Waals surface area contributed by atoms with Gasteiger partial charge in [0.25, 0.3) is 0 Å². The summed E-state index contributed by atoms with van der Waals surface area (Å²) >= 11 is 0. The molecule has 0 bridgehead atoms. The highest BCUT2D eigenvalue weighted by Crippen LogP contribution is 2.36. The van der Waals surface area contributed by atoms with Crippen LogP contribution in [-0.4, -0.2) is 9.97 Å². The van der Waals surface area contributed by atoms with E-state index in [4.69, 9.17) is 0 Å². The maximum atomic E-state index is 4.60. The minimum Gasteiger partial charge on any atom is -0.241 e. The van der Waals surface area contributed by atoms with Crippen LogP contribution in [0.2, 0.25) is 0 Å². The third-order valence-corrected chi connectivity index (χ3v) is 4.44. The Morgan fingerprint density at radius 2 is 1.68 bits per heavy atom. The van der Waals surface area contributed by atoms with E-state index in [-0.39, 0.29) is 0 Å². The largest absolute Gasteiger partial charge is 0.241 e. The molecule has 2 nitrogen and oxygen atoms in total. The van der Waals surface area contributed by atoms with Crippen LogP contribution in [0.15, 0.2) is 12.4 Å². The normalized spacial score (nSPS) is 23.5. The molecule has 0 N–H and O–H groups in total. The van der Waals surface area contributed by atoms with Crippen molar-refractivity contribution in [3.63, 3.8) is 0 Å². The first-order valence-electron chi connectivity index (χ1n) is 8.14. The summed E-state index contributed by atoms with van der Waals surface area (Å²) in [6, 6.07) is 0. The molecule has 0 radical (unpaired) electrons. The Labute approximate surface area is 118 Å². The molecule has 0 aliphatic heterocycles. The summed E-state index contributed by atoms with van der Waals surface area (Å²) in [5.41, 5.74) is 1.28. The summed E-state index contributed by atoms with van der Waals surface area (Å²) in [4.78, 5) is 9.19. The molecule has 0 amide bonds. The molecule has 1 fully saturated rings. The number of aryl methyl sites for hydroxylation is 1. The molecule has 0 aromatic carbocycles. The molecule has 1 aliphatic rings. The summed E-state index contributed by atoms with van der Waals surface area (Å²) < 4.78 is 0. The number of rotatable bonds is 6. The third-order valence-electron chi connectivity index (χ3n) is 4.44. The maximum Gasteiger partial charge on any atom is 0.131 e. The topological polar surface area (TPSA) is 25.8 Å². The molecule has 2 heteroatoms. The van der Waals surface area contributed by atoms with Crippen molar-refractivity contribution in [2.24, 2.45) is 5.92 Å². The Bertz CT molecular complexity index is 350. The number of nitrogens with zero attached hydrogens (tertiary/aromatic N) is 2. The average Bonchev–Trinajstić information content (AvgIpc) is 2.47. The van der Waals surface area contributed by atoms with Crippen molar-refractivity contribution < 1.29 is 0 Å². The van der Waals surface area contributed by atoms with Crippen LogP contribution >= 0.6 is 0 Å². The molecule has 1 heterocycles. The summed E-state index contributed by atoms with van der Waals surface area (Å²) in [5, 5.41) is 0. The molecule has 2 rings (SSSR count). The zero-order valence-electron chi connectivity index (χ0n) is 12.6. The van der Waals surface area contributed by atoms with Crippen molar-refractivity contribution in [2.75, 3.05) is 0 Å². The minimum atomic E-state index is 0.619. The fourth-order valence-corrected chi connectivity index (χ4v) is 3.20. The van der Waals surface area contributed by atoms with E-state index >= 15 is 0 Å². The predicted molar refractivity (Wildman–Crippen MR) is 80.3 cm³/mol. The highest BCUT2D eigenvalue weighted by atomic mass is 14.9. The van der Waals surface area contributed by atoms with Gasteiger partial charge in [0.15, 0.2) is 0 Å². The molecular weight excluding hydrogens is 232 g/mol. The summed E-state index contributed by atoms with van der Waals surface area (Å²) in [6.45, 7) is 4.49. The van der Waals surface area contributed by atoms with Crippen molar-refractivity contribution in [3.8, 4) is 0 Å². The Morgan fingerprint density at radius 3 is 2.26 bits per heavy atom. The second-order valence-corrected chi connectivity index (χ2v) is 6.06. The van der Waals surface area contributed by atoms with Crippen LogP contribution < -0.4 is 0 Å². The number of hydrogen-bond acceptors (Lipinski definition) is 2. The second kappa shape index (κ2) is 7.62. The lowest BCUT2D eigenvalue weighted by molar-refractivity contribution is 0.298. The van der Waals surface area contributed by atoms with Crippen LogP contribution in [0.25, 0.3) is 0 Å². The van der Waals surface area contributed by atoms with Gasteiger partial charge in [0.05, 0.1) is 0 Å². The predicted octanol–water partition coefficient (Wildman–Crippen LogP) is 4.89. The van der Waals surface area contributed by atoms with Crippen molar-refractivity contribution in [2.45, 2.75) is 77.6 Å². The number of hydrogen-bond donors (Lipinski definition) is 0. The van der Waals surface area contributed by atoms with E-state index in [0.717, 1.165) is 18.2 Å². The van der Waals surface area contributed by atoms with E-state index in [1.165, 1.54) is 56.9 Å². The van der Waals surface area contributed by atoms with Crippen LogP contribution in [0, 0.1) is 5.92 Å². The van der Waals surface area contributed by atoms with Gasteiger partial charge >= 0.3 is 0 Å². The zero-order valence-corrected chi connectivity index (χ0v) is 12.6. The standard InChI is InChI=1S/C17H28N2/c1-3-5-7-14-8-10-16(11-9-14)17-18-12-15(6-4-2)13-19-17/h12-14,16H,3-11H2,1-2H3/t14-,16-. The van der Waals surface area contributed by atoms with Gasteiger partial charge in [0.1, 0.15) is 5.82 Å². The molecule has 0 spiro atoms. The molecule has 1 aromatic heterocycles. The molecule has 1 saturated carbocycles. The Hall–Kier alpha value is -0.920. The van der Waals surface area contributed by atoms with Crippen LogP contribution in [-0.2, 0) is 6.42 Å². The Morgan fingerprint density at radius 1 is 1.00 bits per heavy atom. The lowest BCUT2D eigenvalue weighted by Gasteiger charge is -2.27. The van der Waals surface area contributed by atoms with E-state index < -0.39 is 0 Å². The van der Waals surface area contributed by atoms with Crippen molar-refractivity contribution in [1.82, 2.24) is 9.97 Å². The third kappa shape index (κ3) is 4.29. The zero-order chi connectivity index (χ0) is 13.5. The first-order valence-corrected chi connectivity index (χ1v) is 8.14.